The highest BCUT2D eigenvalue weighted by molar-refractivity contribution is 7.47. The number of phosphoric acid groups is 1. The number of allylic oxidation sites excluding steroid dienone is 26. The Kier molecular flexibility index (Phi) is 53.5. The molecule has 0 radical (unpaired) electrons. The molecule has 0 aromatic heterocycles. The maximum Gasteiger partial charge on any atom is 0.472 e. The van der Waals surface area contributed by atoms with Crippen LogP contribution in [0, 0.1) is 0 Å². The number of carbonyl (C=O) groups is 2. The molecule has 0 aromatic carbocycles. The molecule has 10 heteroatoms. The Balaban J connectivity index is 4.13. The first-order valence-corrected chi connectivity index (χ1v) is 29.5. The highest BCUT2D eigenvalue weighted by Gasteiger charge is 2.26. The maximum atomic E-state index is 12.7. The number of hydrogen-bond donors (Lipinski definition) is 2. The van der Waals surface area contributed by atoms with Crippen molar-refractivity contribution >= 4 is 19.8 Å². The Morgan fingerprint density at radius 3 is 1.14 bits per heavy atom. The van der Waals surface area contributed by atoms with Crippen LogP contribution in [0.4, 0.5) is 0 Å². The molecule has 0 bridgehead atoms. The lowest BCUT2D eigenvalue weighted by Crippen LogP contribution is -2.29. The lowest BCUT2D eigenvalue weighted by molar-refractivity contribution is -0.161. The van der Waals surface area contributed by atoms with Crippen LogP contribution in [0.5, 0.6) is 0 Å². The number of ether oxygens (including phenoxy) is 2. The monoisotopic (exact) mass is 1030 g/mol. The van der Waals surface area contributed by atoms with Gasteiger partial charge >= 0.3 is 19.8 Å². The van der Waals surface area contributed by atoms with E-state index < -0.39 is 32.5 Å². The SMILES string of the molecule is CC/C=C\C/C=C\C/C=C\C/C=C\C/C=C\C/C=C\C/C=C\C/C=C\C/C=C\C/C=C\C/C=C\CCCCCC(=O)OC(COC(=O)CCCCCCC/C=C\C/C=C\CCCCC)COP(=O)(O)OCCN. The van der Waals surface area contributed by atoms with E-state index in [0.717, 1.165) is 128 Å². The second-order valence-electron chi connectivity index (χ2n) is 17.7. The van der Waals surface area contributed by atoms with Gasteiger partial charge in [-0.3, -0.25) is 18.6 Å². The first-order chi connectivity index (χ1) is 35.8. The Labute approximate surface area is 445 Å². The number of hydrogen-bond acceptors (Lipinski definition) is 8. The molecule has 73 heavy (non-hydrogen) atoms. The molecule has 0 rings (SSSR count). The van der Waals surface area contributed by atoms with Crippen LogP contribution in [0.2, 0.25) is 0 Å². The molecule has 0 aromatic rings. The van der Waals surface area contributed by atoms with Gasteiger partial charge in [0.05, 0.1) is 13.2 Å². The summed E-state index contributed by atoms with van der Waals surface area (Å²) in [6.45, 7) is 3.51. The van der Waals surface area contributed by atoms with Crippen LogP contribution >= 0.6 is 7.82 Å². The Bertz CT molecular complexity index is 1740. The minimum absolute atomic E-state index is 0.0368. The lowest BCUT2D eigenvalue weighted by Gasteiger charge is -2.19. The summed E-state index contributed by atoms with van der Waals surface area (Å²) in [7, 11) is -4.41. The smallest absolute Gasteiger partial charge is 0.462 e. The fraction of sp³-hybridized carbons (Fsp3) is 0.556. The van der Waals surface area contributed by atoms with Gasteiger partial charge in [-0.2, -0.15) is 0 Å². The van der Waals surface area contributed by atoms with Crippen LogP contribution in [0.25, 0.3) is 0 Å². The summed E-state index contributed by atoms with van der Waals surface area (Å²) in [5.74, 6) is -0.897. The highest BCUT2D eigenvalue weighted by atomic mass is 31.2. The van der Waals surface area contributed by atoms with E-state index in [1.165, 1.54) is 25.7 Å². The van der Waals surface area contributed by atoms with Crippen molar-refractivity contribution in [3.63, 3.8) is 0 Å². The molecule has 0 saturated heterocycles. The summed E-state index contributed by atoms with van der Waals surface area (Å²) in [6.07, 6.45) is 83.0. The number of phosphoric ester groups is 1. The average molecular weight is 1030 g/mol. The number of nitrogens with two attached hydrogens (primary N) is 1. The molecular formula is C63H100NO8P. The molecule has 0 aliphatic carbocycles. The molecule has 2 unspecified atom stereocenters. The van der Waals surface area contributed by atoms with E-state index in [-0.39, 0.29) is 32.6 Å². The molecule has 0 spiro atoms. The minimum atomic E-state index is -4.41. The van der Waals surface area contributed by atoms with Crippen molar-refractivity contribution in [3.8, 4) is 0 Å². The fourth-order valence-corrected chi connectivity index (χ4v) is 7.55. The van der Waals surface area contributed by atoms with Gasteiger partial charge in [-0.1, -0.05) is 210 Å². The van der Waals surface area contributed by atoms with Crippen LogP contribution in [-0.2, 0) is 32.7 Å². The summed E-state index contributed by atoms with van der Waals surface area (Å²) in [5.41, 5.74) is 5.36. The van der Waals surface area contributed by atoms with E-state index in [1.807, 2.05) is 0 Å². The summed E-state index contributed by atoms with van der Waals surface area (Å²) >= 11 is 0. The molecule has 0 saturated carbocycles. The minimum Gasteiger partial charge on any atom is -0.462 e. The van der Waals surface area contributed by atoms with Crippen molar-refractivity contribution in [2.24, 2.45) is 5.73 Å². The van der Waals surface area contributed by atoms with Crippen LogP contribution in [-0.4, -0.2) is 49.3 Å². The summed E-state index contributed by atoms with van der Waals surface area (Å²) in [6, 6.07) is 0. The number of carbonyl (C=O) groups excluding carboxylic acids is 2. The number of rotatable bonds is 50. The van der Waals surface area contributed by atoms with Crippen LogP contribution < -0.4 is 5.73 Å². The molecule has 0 amide bonds. The molecule has 0 aliphatic heterocycles. The van der Waals surface area contributed by atoms with Gasteiger partial charge < -0.3 is 20.1 Å². The Morgan fingerprint density at radius 2 is 0.753 bits per heavy atom. The topological polar surface area (TPSA) is 134 Å². The highest BCUT2D eigenvalue weighted by Crippen LogP contribution is 2.43. The van der Waals surface area contributed by atoms with Crippen LogP contribution in [0.3, 0.4) is 0 Å². The third-order valence-electron chi connectivity index (χ3n) is 10.9. The van der Waals surface area contributed by atoms with Gasteiger partial charge in [0, 0.05) is 19.4 Å². The van der Waals surface area contributed by atoms with Crippen molar-refractivity contribution in [2.45, 2.75) is 200 Å². The van der Waals surface area contributed by atoms with Crippen molar-refractivity contribution in [3.05, 3.63) is 158 Å². The van der Waals surface area contributed by atoms with Crippen molar-refractivity contribution in [1.82, 2.24) is 0 Å². The third-order valence-corrected chi connectivity index (χ3v) is 11.9. The zero-order valence-corrected chi connectivity index (χ0v) is 46.4. The van der Waals surface area contributed by atoms with Crippen LogP contribution in [0.1, 0.15) is 194 Å². The quantitative estimate of drug-likeness (QED) is 0.0264. The number of esters is 2. The van der Waals surface area contributed by atoms with E-state index >= 15 is 0 Å². The fourth-order valence-electron chi connectivity index (χ4n) is 6.79. The van der Waals surface area contributed by atoms with Crippen molar-refractivity contribution in [2.75, 3.05) is 26.4 Å². The zero-order valence-electron chi connectivity index (χ0n) is 45.5. The molecule has 3 N–H and O–H groups in total. The van der Waals surface area contributed by atoms with E-state index in [0.29, 0.717) is 12.8 Å². The Hall–Kier alpha value is -4.37. The summed E-state index contributed by atoms with van der Waals surface area (Å²) in [5, 5.41) is 0. The number of unbranched alkanes of at least 4 members (excludes halogenated alkanes) is 11. The van der Waals surface area contributed by atoms with Gasteiger partial charge in [0.1, 0.15) is 6.61 Å². The molecule has 0 aliphatic rings. The second kappa shape index (κ2) is 56.9. The standard InChI is InChI=1S/C63H100NO8P/c1-3-5-7-9-11-13-15-17-19-20-21-22-23-24-25-26-27-28-29-30-31-32-33-34-35-36-37-38-39-40-42-44-46-48-50-52-54-56-63(66)72-61(60-71-73(67,68)70-58-57-64)59-69-62(65)55-53-51-49-47-45-43-41-18-16-14-12-10-8-6-4-2/h5,7,11-14,17-19,21-22,24-25,27-28,30-31,33-34,36-37,39-41,44,46,61H,3-4,6,8-10,15-16,20,23,26,29,32,35,38,42-43,45,47-60,64H2,1-2H3,(H,67,68)/b7-5-,13-11-,14-12-,19-17-,22-21-,25-24-,28-27-,31-30-,34-33-,37-36-,40-39-,41-18-,46-44-. The van der Waals surface area contributed by atoms with Gasteiger partial charge in [0.15, 0.2) is 6.10 Å². The van der Waals surface area contributed by atoms with E-state index in [4.69, 9.17) is 24.3 Å². The first kappa shape index (κ1) is 68.6. The second-order valence-corrected chi connectivity index (χ2v) is 19.2. The lowest BCUT2D eigenvalue weighted by atomic mass is 10.1. The van der Waals surface area contributed by atoms with Gasteiger partial charge in [0.2, 0.25) is 0 Å². The zero-order chi connectivity index (χ0) is 53.1. The maximum absolute atomic E-state index is 12.7. The average Bonchev–Trinajstić information content (AvgIpc) is 3.38. The molecule has 2 atom stereocenters. The van der Waals surface area contributed by atoms with Gasteiger partial charge in [-0.25, -0.2) is 4.57 Å². The van der Waals surface area contributed by atoms with Crippen molar-refractivity contribution in [1.29, 1.82) is 0 Å². The van der Waals surface area contributed by atoms with Gasteiger partial charge in [0.25, 0.3) is 0 Å². The third kappa shape index (κ3) is 56.8. The first-order valence-electron chi connectivity index (χ1n) is 28.0. The van der Waals surface area contributed by atoms with E-state index in [2.05, 4.69) is 172 Å². The molecule has 0 heterocycles. The van der Waals surface area contributed by atoms with Gasteiger partial charge in [-0.05, 0) is 128 Å². The van der Waals surface area contributed by atoms with Crippen molar-refractivity contribution < 1.29 is 37.6 Å². The van der Waals surface area contributed by atoms with E-state index in [1.54, 1.807) is 0 Å². The predicted octanol–water partition coefficient (Wildman–Crippen LogP) is 17.7. The molecule has 410 valence electrons. The summed E-state index contributed by atoms with van der Waals surface area (Å²) < 4.78 is 32.9. The largest absolute Gasteiger partial charge is 0.472 e. The van der Waals surface area contributed by atoms with E-state index in [9.17, 15) is 19.0 Å². The molecule has 9 nitrogen and oxygen atoms in total. The van der Waals surface area contributed by atoms with Crippen LogP contribution in [0.15, 0.2) is 158 Å². The molecule has 0 fully saturated rings. The normalized spacial score (nSPS) is 14.3. The molecular weight excluding hydrogens is 930 g/mol. The Morgan fingerprint density at radius 1 is 0.425 bits per heavy atom. The summed E-state index contributed by atoms with van der Waals surface area (Å²) in [4.78, 5) is 35.1. The predicted molar refractivity (Wildman–Crippen MR) is 311 cm³/mol. The van der Waals surface area contributed by atoms with Gasteiger partial charge in [-0.15, -0.1) is 0 Å².